The SMILES string of the molecule is O=C(Nc1nnc(Cc2ccc3c(c2)OCCO3)o1)c1cccc([N+](=O)[O-])c1. The van der Waals surface area contributed by atoms with E-state index in [1.54, 1.807) is 0 Å². The zero-order valence-corrected chi connectivity index (χ0v) is 14.5. The number of aromatic nitrogens is 2. The number of nitrogens with one attached hydrogen (secondary N) is 1. The van der Waals surface area contributed by atoms with Crippen LogP contribution in [0.2, 0.25) is 0 Å². The zero-order valence-electron chi connectivity index (χ0n) is 14.5. The molecule has 0 spiro atoms. The van der Waals surface area contributed by atoms with Crippen molar-refractivity contribution >= 4 is 17.6 Å². The first kappa shape index (κ1) is 17.5. The van der Waals surface area contributed by atoms with Gasteiger partial charge in [-0.25, -0.2) is 0 Å². The Morgan fingerprint density at radius 1 is 1.11 bits per heavy atom. The minimum Gasteiger partial charge on any atom is -0.486 e. The van der Waals surface area contributed by atoms with Gasteiger partial charge in [-0.2, -0.15) is 0 Å². The van der Waals surface area contributed by atoms with Crippen LogP contribution in [-0.2, 0) is 6.42 Å². The monoisotopic (exact) mass is 382 g/mol. The van der Waals surface area contributed by atoms with Crippen molar-refractivity contribution in [3.63, 3.8) is 0 Å². The van der Waals surface area contributed by atoms with E-state index in [2.05, 4.69) is 15.5 Å². The second kappa shape index (κ2) is 7.35. The normalized spacial score (nSPS) is 12.4. The fraction of sp³-hybridized carbons (Fsp3) is 0.167. The molecule has 0 saturated heterocycles. The van der Waals surface area contributed by atoms with Crippen LogP contribution in [-0.4, -0.2) is 34.2 Å². The third-order valence-electron chi connectivity index (χ3n) is 3.97. The molecule has 142 valence electrons. The van der Waals surface area contributed by atoms with Crippen LogP contribution in [0.25, 0.3) is 0 Å². The highest BCUT2D eigenvalue weighted by Gasteiger charge is 2.16. The van der Waals surface area contributed by atoms with E-state index in [0.29, 0.717) is 37.0 Å². The van der Waals surface area contributed by atoms with E-state index < -0.39 is 10.8 Å². The number of hydrogen-bond acceptors (Lipinski definition) is 8. The number of anilines is 1. The first-order chi connectivity index (χ1) is 13.6. The summed E-state index contributed by atoms with van der Waals surface area (Å²) < 4.78 is 16.5. The molecule has 1 N–H and O–H groups in total. The van der Waals surface area contributed by atoms with Gasteiger partial charge in [0.25, 0.3) is 11.6 Å². The number of carbonyl (C=O) groups excluding carboxylic acids is 1. The minimum atomic E-state index is -0.585. The number of hydrogen-bond donors (Lipinski definition) is 1. The molecule has 1 aliphatic rings. The summed E-state index contributed by atoms with van der Waals surface area (Å²) in [5.74, 6) is 1.05. The Labute approximate surface area is 158 Å². The second-order valence-corrected chi connectivity index (χ2v) is 5.92. The maximum atomic E-state index is 12.2. The number of amides is 1. The van der Waals surface area contributed by atoms with Gasteiger partial charge < -0.3 is 13.9 Å². The van der Waals surface area contributed by atoms with E-state index in [1.165, 1.54) is 24.3 Å². The van der Waals surface area contributed by atoms with Crippen molar-refractivity contribution in [2.75, 3.05) is 18.5 Å². The molecule has 0 aliphatic carbocycles. The Hall–Kier alpha value is -3.95. The summed E-state index contributed by atoms with van der Waals surface area (Å²) in [4.78, 5) is 22.5. The van der Waals surface area contributed by atoms with E-state index in [0.717, 1.165) is 5.56 Å². The molecule has 3 aromatic rings. The molecule has 4 rings (SSSR count). The van der Waals surface area contributed by atoms with Crippen LogP contribution >= 0.6 is 0 Å². The average Bonchev–Trinajstić information content (AvgIpc) is 3.14. The van der Waals surface area contributed by atoms with Crippen LogP contribution in [0.1, 0.15) is 21.8 Å². The van der Waals surface area contributed by atoms with Crippen molar-refractivity contribution in [3.8, 4) is 11.5 Å². The van der Waals surface area contributed by atoms with Gasteiger partial charge in [-0.15, -0.1) is 5.10 Å². The van der Waals surface area contributed by atoms with Crippen molar-refractivity contribution in [2.45, 2.75) is 6.42 Å². The fourth-order valence-corrected chi connectivity index (χ4v) is 2.68. The van der Waals surface area contributed by atoms with Crippen LogP contribution in [0.15, 0.2) is 46.9 Å². The molecule has 1 aliphatic heterocycles. The summed E-state index contributed by atoms with van der Waals surface area (Å²) in [6, 6.07) is 10.8. The number of non-ortho nitro benzene ring substituents is 1. The Morgan fingerprint density at radius 2 is 1.93 bits per heavy atom. The highest BCUT2D eigenvalue weighted by atomic mass is 16.6. The lowest BCUT2D eigenvalue weighted by molar-refractivity contribution is -0.384. The quantitative estimate of drug-likeness (QED) is 0.526. The van der Waals surface area contributed by atoms with Crippen LogP contribution in [0, 0.1) is 10.1 Å². The van der Waals surface area contributed by atoms with E-state index in [4.69, 9.17) is 13.9 Å². The zero-order chi connectivity index (χ0) is 19.5. The van der Waals surface area contributed by atoms with Gasteiger partial charge in [0.1, 0.15) is 13.2 Å². The molecule has 1 amide bonds. The number of nitro benzene ring substituents is 1. The number of nitro groups is 1. The summed E-state index contributed by atoms with van der Waals surface area (Å²) in [6.45, 7) is 1.01. The molecule has 0 fully saturated rings. The van der Waals surface area contributed by atoms with Gasteiger partial charge in [-0.05, 0) is 23.8 Å². The standard InChI is InChI=1S/C18H14N4O6/c23-17(12-2-1-3-13(10-12)22(24)25)19-18-21-20-16(28-18)9-11-4-5-14-15(8-11)27-7-6-26-14/h1-5,8,10H,6-7,9H2,(H,19,21,23). The maximum Gasteiger partial charge on any atom is 0.322 e. The van der Waals surface area contributed by atoms with Gasteiger partial charge in [0.05, 0.1) is 11.3 Å². The predicted molar refractivity (Wildman–Crippen MR) is 95.6 cm³/mol. The minimum absolute atomic E-state index is 0.0935. The third-order valence-corrected chi connectivity index (χ3v) is 3.97. The number of ether oxygens (including phenoxy) is 2. The largest absolute Gasteiger partial charge is 0.486 e. The van der Waals surface area contributed by atoms with Gasteiger partial charge in [-0.1, -0.05) is 17.2 Å². The highest BCUT2D eigenvalue weighted by Crippen LogP contribution is 2.31. The summed E-state index contributed by atoms with van der Waals surface area (Å²) in [7, 11) is 0. The lowest BCUT2D eigenvalue weighted by Crippen LogP contribution is -2.15. The van der Waals surface area contributed by atoms with Crippen molar-refractivity contribution in [2.24, 2.45) is 0 Å². The molecule has 10 heteroatoms. The molecular weight excluding hydrogens is 368 g/mol. The van der Waals surface area contributed by atoms with E-state index in [9.17, 15) is 14.9 Å². The van der Waals surface area contributed by atoms with Crippen molar-refractivity contribution < 1.29 is 23.6 Å². The Kier molecular flexibility index (Phi) is 4.58. The third kappa shape index (κ3) is 3.75. The summed E-state index contributed by atoms with van der Waals surface area (Å²) in [6.07, 6.45) is 0.344. The molecule has 0 saturated carbocycles. The van der Waals surface area contributed by atoms with Gasteiger partial charge >= 0.3 is 6.01 Å². The topological polar surface area (TPSA) is 130 Å². The van der Waals surface area contributed by atoms with Crippen LogP contribution in [0.4, 0.5) is 11.7 Å². The lowest BCUT2D eigenvalue weighted by Gasteiger charge is -2.18. The summed E-state index contributed by atoms with van der Waals surface area (Å²) in [5.41, 5.74) is 0.808. The molecule has 28 heavy (non-hydrogen) atoms. The van der Waals surface area contributed by atoms with Gasteiger partial charge in [-0.3, -0.25) is 20.2 Å². The van der Waals surface area contributed by atoms with Crippen molar-refractivity contribution in [1.82, 2.24) is 10.2 Å². The molecule has 0 bridgehead atoms. The van der Waals surface area contributed by atoms with E-state index in [1.807, 2.05) is 18.2 Å². The molecule has 2 heterocycles. The van der Waals surface area contributed by atoms with Crippen LogP contribution < -0.4 is 14.8 Å². The first-order valence-electron chi connectivity index (χ1n) is 8.35. The number of carbonyl (C=O) groups is 1. The molecule has 10 nitrogen and oxygen atoms in total. The lowest BCUT2D eigenvalue weighted by atomic mass is 10.1. The number of fused-ring (bicyclic) bond motifs is 1. The molecule has 0 atom stereocenters. The summed E-state index contributed by atoms with van der Waals surface area (Å²) >= 11 is 0. The Balaban J connectivity index is 1.44. The average molecular weight is 382 g/mol. The van der Waals surface area contributed by atoms with E-state index in [-0.39, 0.29) is 17.3 Å². The van der Waals surface area contributed by atoms with Gasteiger partial charge in [0.15, 0.2) is 11.5 Å². The number of nitrogens with zero attached hydrogens (tertiary/aromatic N) is 3. The maximum absolute atomic E-state index is 12.2. The number of benzene rings is 2. The molecule has 1 aromatic heterocycles. The van der Waals surface area contributed by atoms with Crippen LogP contribution in [0.5, 0.6) is 11.5 Å². The second-order valence-electron chi connectivity index (χ2n) is 5.92. The molecule has 0 unspecified atom stereocenters. The smallest absolute Gasteiger partial charge is 0.322 e. The van der Waals surface area contributed by atoms with Gasteiger partial charge in [0, 0.05) is 17.7 Å². The van der Waals surface area contributed by atoms with Crippen molar-refractivity contribution in [3.05, 3.63) is 69.6 Å². The molecule has 2 aromatic carbocycles. The number of rotatable bonds is 5. The first-order valence-corrected chi connectivity index (χ1v) is 8.35. The molecular formula is C18H14N4O6. The molecule has 0 radical (unpaired) electrons. The Bertz CT molecular complexity index is 1050. The summed E-state index contributed by atoms with van der Waals surface area (Å²) in [5, 5.41) is 20.9. The fourth-order valence-electron chi connectivity index (χ4n) is 2.68. The predicted octanol–water partition coefficient (Wildman–Crippen LogP) is 2.59. The Morgan fingerprint density at radius 3 is 2.75 bits per heavy atom. The van der Waals surface area contributed by atoms with Crippen LogP contribution in [0.3, 0.4) is 0 Å². The van der Waals surface area contributed by atoms with E-state index >= 15 is 0 Å². The van der Waals surface area contributed by atoms with Gasteiger partial charge in [0.2, 0.25) is 5.89 Å². The van der Waals surface area contributed by atoms with Crippen molar-refractivity contribution in [1.29, 1.82) is 0 Å². The highest BCUT2D eigenvalue weighted by molar-refractivity contribution is 6.03.